The maximum Gasteiger partial charge on any atom is 0.307 e. The number of ether oxygens (including phenoxy) is 2. The summed E-state index contributed by atoms with van der Waals surface area (Å²) in [6.45, 7) is 4.36. The molecule has 6 rings (SSSR count). The number of halogens is 1. The quantitative estimate of drug-likeness (QED) is 0.347. The number of nitrogens with one attached hydrogen (secondary N) is 1. The minimum atomic E-state index is -0.747. The number of anilines is 1. The van der Waals surface area contributed by atoms with Gasteiger partial charge in [0.25, 0.3) is 0 Å². The standard InChI is InChI=1S/C31H31FN2O4/c1-18(2)27-15-16-34(33-27)20-5-9-22(10-6-20)37-28-14-12-26(32)30-23(28)11-13-29(30)38-21-7-3-19(4-8-21)24-17-25(24)31(35)36/h3-10,12,14-16,18,24-25,27,29,33H,11,13,17H2,1-2H3,(H,35,36)/t24?,25-,27?,29?/m0/s1. The van der Waals surface area contributed by atoms with Gasteiger partial charge in [0.05, 0.1) is 11.6 Å². The Balaban J connectivity index is 1.14. The average Bonchev–Trinajstić information content (AvgIpc) is 3.35. The molecular weight excluding hydrogens is 483 g/mol. The van der Waals surface area contributed by atoms with E-state index < -0.39 is 12.1 Å². The molecule has 38 heavy (non-hydrogen) atoms. The third-order valence-electron chi connectivity index (χ3n) is 7.73. The molecule has 0 aromatic heterocycles. The molecule has 7 heteroatoms. The Morgan fingerprint density at radius 1 is 1.05 bits per heavy atom. The molecule has 3 aromatic rings. The first-order valence-electron chi connectivity index (χ1n) is 13.2. The fourth-order valence-electron chi connectivity index (χ4n) is 5.41. The van der Waals surface area contributed by atoms with Crippen molar-refractivity contribution in [3.8, 4) is 17.2 Å². The van der Waals surface area contributed by atoms with E-state index in [0.717, 1.165) is 16.8 Å². The summed E-state index contributed by atoms with van der Waals surface area (Å²) in [6, 6.07) is 18.8. The highest BCUT2D eigenvalue weighted by atomic mass is 19.1. The van der Waals surface area contributed by atoms with Gasteiger partial charge in [-0.2, -0.15) is 0 Å². The smallest absolute Gasteiger partial charge is 0.307 e. The molecule has 0 bridgehead atoms. The van der Waals surface area contributed by atoms with E-state index in [9.17, 15) is 9.18 Å². The van der Waals surface area contributed by atoms with Crippen LogP contribution in [0.2, 0.25) is 0 Å². The number of nitrogens with zero attached hydrogens (tertiary/aromatic N) is 1. The van der Waals surface area contributed by atoms with Crippen molar-refractivity contribution in [2.45, 2.75) is 51.2 Å². The van der Waals surface area contributed by atoms with Crippen LogP contribution in [0, 0.1) is 17.7 Å². The summed E-state index contributed by atoms with van der Waals surface area (Å²) in [7, 11) is 0. The second-order valence-corrected chi connectivity index (χ2v) is 10.6. The molecule has 1 heterocycles. The predicted molar refractivity (Wildman–Crippen MR) is 143 cm³/mol. The maximum absolute atomic E-state index is 15.0. The molecule has 0 amide bonds. The van der Waals surface area contributed by atoms with E-state index in [1.165, 1.54) is 6.07 Å². The van der Waals surface area contributed by atoms with Crippen LogP contribution in [0.4, 0.5) is 10.1 Å². The Morgan fingerprint density at radius 3 is 2.45 bits per heavy atom. The van der Waals surface area contributed by atoms with Crippen LogP contribution in [0.25, 0.3) is 0 Å². The first-order chi connectivity index (χ1) is 18.4. The van der Waals surface area contributed by atoms with E-state index in [4.69, 9.17) is 14.6 Å². The molecule has 2 N–H and O–H groups in total. The van der Waals surface area contributed by atoms with Gasteiger partial charge in [-0.25, -0.2) is 9.82 Å². The number of fused-ring (bicyclic) bond motifs is 1. The van der Waals surface area contributed by atoms with Crippen LogP contribution in [0.3, 0.4) is 0 Å². The molecule has 3 aromatic carbocycles. The van der Waals surface area contributed by atoms with E-state index in [-0.39, 0.29) is 17.7 Å². The zero-order valence-electron chi connectivity index (χ0n) is 21.4. The predicted octanol–water partition coefficient (Wildman–Crippen LogP) is 6.74. The summed E-state index contributed by atoms with van der Waals surface area (Å²) >= 11 is 0. The number of carboxylic acids is 1. The molecule has 0 saturated heterocycles. The van der Waals surface area contributed by atoms with Crippen LogP contribution in [0.1, 0.15) is 55.4 Å². The van der Waals surface area contributed by atoms with Crippen molar-refractivity contribution in [3.05, 3.63) is 95.4 Å². The molecule has 4 atom stereocenters. The molecule has 1 aliphatic heterocycles. The van der Waals surface area contributed by atoms with Gasteiger partial charge in [-0.1, -0.05) is 26.0 Å². The SMILES string of the molecule is CC(C)C1C=CN(c2ccc(Oc3ccc(F)c4c3CCC4Oc3ccc(C4C[C@@H]4C(=O)O)cc3)cc2)N1. The Kier molecular flexibility index (Phi) is 6.32. The van der Waals surface area contributed by atoms with E-state index in [2.05, 4.69) is 25.3 Å². The second-order valence-electron chi connectivity index (χ2n) is 10.6. The van der Waals surface area contributed by atoms with Crippen LogP contribution < -0.4 is 19.9 Å². The van der Waals surface area contributed by atoms with Crippen LogP contribution in [0.15, 0.2) is 72.9 Å². The lowest BCUT2D eigenvalue weighted by Gasteiger charge is -2.22. The van der Waals surface area contributed by atoms with Gasteiger partial charge >= 0.3 is 5.97 Å². The Morgan fingerprint density at radius 2 is 1.79 bits per heavy atom. The molecule has 3 unspecified atom stereocenters. The molecule has 1 saturated carbocycles. The number of carboxylic acid groups (broad SMARTS) is 1. The number of hydrazine groups is 1. The molecular formula is C31H31FN2O4. The summed E-state index contributed by atoms with van der Waals surface area (Å²) in [5, 5.41) is 11.2. The third kappa shape index (κ3) is 4.74. The molecule has 6 nitrogen and oxygen atoms in total. The highest BCUT2D eigenvalue weighted by Gasteiger charge is 2.44. The van der Waals surface area contributed by atoms with E-state index in [1.807, 2.05) is 59.7 Å². The van der Waals surface area contributed by atoms with Crippen LogP contribution in [-0.2, 0) is 11.2 Å². The Bertz CT molecular complexity index is 1370. The number of carbonyl (C=O) groups is 1. The van der Waals surface area contributed by atoms with Crippen molar-refractivity contribution in [2.75, 3.05) is 5.01 Å². The highest BCUT2D eigenvalue weighted by Crippen LogP contribution is 2.48. The average molecular weight is 515 g/mol. The van der Waals surface area contributed by atoms with Gasteiger partial charge in [0.1, 0.15) is 29.2 Å². The van der Waals surface area contributed by atoms with Crippen molar-refractivity contribution in [1.82, 2.24) is 5.43 Å². The first kappa shape index (κ1) is 24.5. The summed E-state index contributed by atoms with van der Waals surface area (Å²) in [5.74, 6) is 1.20. The lowest BCUT2D eigenvalue weighted by Crippen LogP contribution is -2.37. The molecule has 1 fully saturated rings. The monoisotopic (exact) mass is 514 g/mol. The lowest BCUT2D eigenvalue weighted by molar-refractivity contribution is -0.138. The second kappa shape index (κ2) is 9.80. The zero-order valence-corrected chi connectivity index (χ0v) is 21.4. The topological polar surface area (TPSA) is 71.0 Å². The zero-order chi connectivity index (χ0) is 26.4. The summed E-state index contributed by atoms with van der Waals surface area (Å²) in [4.78, 5) is 11.2. The van der Waals surface area contributed by atoms with Crippen molar-refractivity contribution >= 4 is 11.7 Å². The number of hydrogen-bond donors (Lipinski definition) is 2. The van der Waals surface area contributed by atoms with Crippen LogP contribution >= 0.6 is 0 Å². The minimum Gasteiger partial charge on any atom is -0.486 e. The van der Waals surface area contributed by atoms with Gasteiger partial charge in [-0.3, -0.25) is 9.80 Å². The summed E-state index contributed by atoms with van der Waals surface area (Å²) < 4.78 is 27.4. The van der Waals surface area contributed by atoms with Gasteiger partial charge in [0.2, 0.25) is 0 Å². The van der Waals surface area contributed by atoms with Gasteiger partial charge in [0, 0.05) is 23.4 Å². The van der Waals surface area contributed by atoms with Crippen molar-refractivity contribution in [2.24, 2.45) is 11.8 Å². The van der Waals surface area contributed by atoms with Gasteiger partial charge in [0.15, 0.2) is 0 Å². The lowest BCUT2D eigenvalue weighted by atomic mass is 10.1. The number of benzene rings is 3. The van der Waals surface area contributed by atoms with Crippen molar-refractivity contribution in [3.63, 3.8) is 0 Å². The van der Waals surface area contributed by atoms with Gasteiger partial charge < -0.3 is 14.6 Å². The van der Waals surface area contributed by atoms with Crippen LogP contribution in [0.5, 0.6) is 17.2 Å². The third-order valence-corrected chi connectivity index (χ3v) is 7.73. The highest BCUT2D eigenvalue weighted by molar-refractivity contribution is 5.75. The minimum absolute atomic E-state index is 0.0695. The Labute approximate surface area is 221 Å². The fraction of sp³-hybridized carbons (Fsp3) is 0.323. The Hall–Kier alpha value is -3.84. The molecule has 3 aliphatic rings. The van der Waals surface area contributed by atoms with E-state index >= 15 is 0 Å². The van der Waals surface area contributed by atoms with Crippen molar-refractivity contribution in [1.29, 1.82) is 0 Å². The fourth-order valence-corrected chi connectivity index (χ4v) is 5.41. The number of rotatable bonds is 8. The summed E-state index contributed by atoms with van der Waals surface area (Å²) in [5.41, 5.74) is 6.86. The van der Waals surface area contributed by atoms with Gasteiger partial charge in [-0.05, 0) is 91.3 Å². The largest absolute Gasteiger partial charge is 0.486 e. The molecule has 0 spiro atoms. The molecule has 2 aliphatic carbocycles. The van der Waals surface area contributed by atoms with E-state index in [1.54, 1.807) is 6.07 Å². The number of hydrogen-bond acceptors (Lipinski definition) is 5. The molecule has 196 valence electrons. The van der Waals surface area contributed by atoms with Gasteiger partial charge in [-0.15, -0.1) is 0 Å². The number of aliphatic carboxylic acids is 1. The van der Waals surface area contributed by atoms with E-state index in [0.29, 0.717) is 54.0 Å². The normalized spacial score (nSPS) is 23.5. The van der Waals surface area contributed by atoms with Crippen LogP contribution in [-0.4, -0.2) is 17.1 Å². The first-order valence-corrected chi connectivity index (χ1v) is 13.2. The van der Waals surface area contributed by atoms with Crippen molar-refractivity contribution < 1.29 is 23.8 Å². The molecule has 0 radical (unpaired) electrons. The summed E-state index contributed by atoms with van der Waals surface area (Å²) in [6.07, 6.45) is 5.78. The maximum atomic E-state index is 15.0.